The molecule has 3 N–H and O–H groups in total. The normalized spacial score (nSPS) is 14.0. The summed E-state index contributed by atoms with van der Waals surface area (Å²) in [5.41, 5.74) is 0. The first-order valence-electron chi connectivity index (χ1n) is 46.5. The molecule has 109 heavy (non-hydrogen) atoms. The van der Waals surface area contributed by atoms with E-state index in [1.165, 1.54) is 295 Å². The molecule has 0 rings (SSSR count). The van der Waals surface area contributed by atoms with Gasteiger partial charge in [0.2, 0.25) is 0 Å². The van der Waals surface area contributed by atoms with Gasteiger partial charge in [0.15, 0.2) is 12.2 Å². The van der Waals surface area contributed by atoms with Crippen LogP contribution in [0.5, 0.6) is 0 Å². The van der Waals surface area contributed by atoms with Gasteiger partial charge in [-0.05, 0) is 37.5 Å². The minimum Gasteiger partial charge on any atom is -0.462 e. The van der Waals surface area contributed by atoms with E-state index in [-0.39, 0.29) is 25.7 Å². The Bertz CT molecular complexity index is 2080. The van der Waals surface area contributed by atoms with Crippen molar-refractivity contribution >= 4 is 39.5 Å². The summed E-state index contributed by atoms with van der Waals surface area (Å²) in [4.78, 5) is 73.3. The molecule has 0 aliphatic heterocycles. The van der Waals surface area contributed by atoms with Gasteiger partial charge in [-0.15, -0.1) is 0 Å². The van der Waals surface area contributed by atoms with E-state index in [1.54, 1.807) is 0 Å². The van der Waals surface area contributed by atoms with Crippen molar-refractivity contribution in [1.29, 1.82) is 0 Å². The number of phosphoric ester groups is 2. The van der Waals surface area contributed by atoms with Crippen LogP contribution < -0.4 is 0 Å². The molecule has 0 aromatic rings. The molecule has 0 fully saturated rings. The maximum Gasteiger partial charge on any atom is 0.472 e. The lowest BCUT2D eigenvalue weighted by molar-refractivity contribution is -0.161. The monoisotopic (exact) mass is 1590 g/mol. The second-order valence-electron chi connectivity index (χ2n) is 33.1. The summed E-state index contributed by atoms with van der Waals surface area (Å²) in [6.45, 7) is 9.70. The summed E-state index contributed by atoms with van der Waals surface area (Å²) in [5.74, 6) is -0.523. The fourth-order valence-corrected chi connectivity index (χ4v) is 15.7. The van der Waals surface area contributed by atoms with Crippen molar-refractivity contribution < 1.29 is 80.2 Å². The van der Waals surface area contributed by atoms with Crippen LogP contribution in [-0.2, 0) is 65.4 Å². The summed E-state index contributed by atoms with van der Waals surface area (Å²) in [6, 6.07) is 0. The molecule has 0 aromatic carbocycles. The quantitative estimate of drug-likeness (QED) is 0.0222. The van der Waals surface area contributed by atoms with Crippen LogP contribution in [-0.4, -0.2) is 96.7 Å². The number of ether oxygens (including phenoxy) is 4. The zero-order valence-corrected chi connectivity index (χ0v) is 73.7. The highest BCUT2D eigenvalue weighted by Gasteiger charge is 2.31. The lowest BCUT2D eigenvalue weighted by Gasteiger charge is -2.21. The molecule has 0 spiro atoms. The minimum absolute atomic E-state index is 0.108. The van der Waals surface area contributed by atoms with Gasteiger partial charge >= 0.3 is 39.5 Å². The lowest BCUT2D eigenvalue weighted by atomic mass is 9.99. The van der Waals surface area contributed by atoms with Gasteiger partial charge < -0.3 is 33.8 Å². The Kier molecular flexibility index (Phi) is 79.8. The first-order chi connectivity index (χ1) is 52.9. The average Bonchev–Trinajstić information content (AvgIpc) is 0.900. The second-order valence-corrected chi connectivity index (χ2v) is 36.0. The van der Waals surface area contributed by atoms with Crippen LogP contribution in [0.4, 0.5) is 0 Å². The summed E-state index contributed by atoms with van der Waals surface area (Å²) < 4.78 is 69.0. The van der Waals surface area contributed by atoms with Crippen molar-refractivity contribution in [3.63, 3.8) is 0 Å². The van der Waals surface area contributed by atoms with Crippen molar-refractivity contribution in [1.82, 2.24) is 0 Å². The van der Waals surface area contributed by atoms with Gasteiger partial charge in [0.05, 0.1) is 26.4 Å². The number of hydrogen-bond acceptors (Lipinski definition) is 15. The van der Waals surface area contributed by atoms with Gasteiger partial charge in [0.25, 0.3) is 0 Å². The molecule has 19 heteroatoms. The number of aliphatic hydroxyl groups is 1. The van der Waals surface area contributed by atoms with Crippen LogP contribution in [0.25, 0.3) is 0 Å². The maximum absolute atomic E-state index is 13.2. The van der Waals surface area contributed by atoms with Crippen molar-refractivity contribution in [2.24, 2.45) is 11.8 Å². The van der Waals surface area contributed by atoms with Gasteiger partial charge in [-0.2, -0.15) is 0 Å². The number of carbonyl (C=O) groups is 4. The smallest absolute Gasteiger partial charge is 0.462 e. The second kappa shape index (κ2) is 81.2. The molecule has 0 amide bonds. The summed E-state index contributed by atoms with van der Waals surface area (Å²) in [7, 11) is -9.93. The van der Waals surface area contributed by atoms with E-state index in [0.717, 1.165) is 102 Å². The molecule has 0 aliphatic carbocycles. The Labute approximate surface area is 670 Å². The van der Waals surface area contributed by atoms with E-state index < -0.39 is 97.5 Å². The third kappa shape index (κ3) is 82.4. The number of esters is 4. The van der Waals surface area contributed by atoms with Gasteiger partial charge in [0, 0.05) is 25.7 Å². The zero-order valence-electron chi connectivity index (χ0n) is 71.9. The maximum atomic E-state index is 13.2. The topological polar surface area (TPSA) is 237 Å². The van der Waals surface area contributed by atoms with E-state index >= 15 is 0 Å². The minimum atomic E-state index is -4.97. The van der Waals surface area contributed by atoms with Crippen LogP contribution in [0.3, 0.4) is 0 Å². The third-order valence-electron chi connectivity index (χ3n) is 21.6. The Balaban J connectivity index is 5.20. The van der Waals surface area contributed by atoms with Gasteiger partial charge in [0.1, 0.15) is 19.3 Å². The van der Waals surface area contributed by atoms with Crippen LogP contribution in [0, 0.1) is 11.8 Å². The van der Waals surface area contributed by atoms with Crippen LogP contribution in [0.15, 0.2) is 0 Å². The first kappa shape index (κ1) is 107. The number of phosphoric acid groups is 2. The number of hydrogen-bond donors (Lipinski definition) is 3. The Morgan fingerprint density at radius 2 is 0.468 bits per heavy atom. The van der Waals surface area contributed by atoms with Crippen molar-refractivity contribution in [2.45, 2.75) is 503 Å². The average molecular weight is 1590 g/mol. The molecule has 0 bridgehead atoms. The number of rotatable bonds is 89. The highest BCUT2D eigenvalue weighted by Crippen LogP contribution is 2.45. The molecule has 3 unspecified atom stereocenters. The van der Waals surface area contributed by atoms with Crippen LogP contribution in [0.1, 0.15) is 485 Å². The molecule has 0 saturated carbocycles. The summed E-state index contributed by atoms with van der Waals surface area (Å²) >= 11 is 0. The highest BCUT2D eigenvalue weighted by atomic mass is 31.2. The molecule has 0 radical (unpaired) electrons. The molecule has 0 aromatic heterocycles. The highest BCUT2D eigenvalue weighted by molar-refractivity contribution is 7.47. The molecular weight excluding hydrogens is 1410 g/mol. The standard InChI is InChI=1S/C90H176O17P2/c1-7-10-12-14-16-18-20-22-24-25-26-27-28-29-33-37-40-44-48-54-60-66-72-87(92)100-78-85(106-89(94)75-69-63-56-50-46-42-38-34-31-30-32-36-39-43-47-53-59-65-71-83(6)9-3)80-104-108(96,97)102-76-84(91)77-103-109(98,99)105-81-86(79-101-88(93)73-67-61-57-51-52-58-64-70-82(4)5)107-90(95)74-68-62-55-49-45-41-35-23-21-19-17-15-13-11-8-2/h82-86,91H,7-81H2,1-6H3,(H,96,97)(H,98,99)/t83?,84-,85-,86-/m1/s1. The van der Waals surface area contributed by atoms with E-state index in [9.17, 15) is 43.2 Å². The molecule has 648 valence electrons. The van der Waals surface area contributed by atoms with Crippen molar-refractivity contribution in [3.8, 4) is 0 Å². The van der Waals surface area contributed by atoms with Crippen molar-refractivity contribution in [3.05, 3.63) is 0 Å². The van der Waals surface area contributed by atoms with Crippen LogP contribution in [0.2, 0.25) is 0 Å². The number of unbranched alkanes of at least 4 members (excludes halogenated alkanes) is 58. The fraction of sp³-hybridized carbons (Fsp3) is 0.956. The number of aliphatic hydroxyl groups excluding tert-OH is 1. The molecule has 0 aliphatic rings. The molecule has 17 nitrogen and oxygen atoms in total. The molecule has 0 heterocycles. The molecule has 0 saturated heterocycles. The fourth-order valence-electron chi connectivity index (χ4n) is 14.1. The summed E-state index contributed by atoms with van der Waals surface area (Å²) in [6.07, 6.45) is 75.2. The van der Waals surface area contributed by atoms with Crippen molar-refractivity contribution in [2.75, 3.05) is 39.6 Å². The van der Waals surface area contributed by atoms with Gasteiger partial charge in [-0.3, -0.25) is 37.3 Å². The van der Waals surface area contributed by atoms with E-state index in [1.807, 2.05) is 0 Å². The predicted octanol–water partition coefficient (Wildman–Crippen LogP) is 27.8. The largest absolute Gasteiger partial charge is 0.472 e. The van der Waals surface area contributed by atoms with E-state index in [0.29, 0.717) is 31.6 Å². The van der Waals surface area contributed by atoms with E-state index in [4.69, 9.17) is 37.0 Å². The summed E-state index contributed by atoms with van der Waals surface area (Å²) in [5, 5.41) is 10.7. The van der Waals surface area contributed by atoms with Gasteiger partial charge in [-0.25, -0.2) is 9.13 Å². The first-order valence-corrected chi connectivity index (χ1v) is 49.5. The van der Waals surface area contributed by atoms with Gasteiger partial charge in [-0.1, -0.05) is 433 Å². The lowest BCUT2D eigenvalue weighted by Crippen LogP contribution is -2.30. The Morgan fingerprint density at radius 3 is 0.697 bits per heavy atom. The van der Waals surface area contributed by atoms with Crippen LogP contribution >= 0.6 is 15.6 Å². The molecule has 6 atom stereocenters. The predicted molar refractivity (Wildman–Crippen MR) is 451 cm³/mol. The Hall–Kier alpha value is -1.94. The zero-order chi connectivity index (χ0) is 79.9. The molecular formula is C90H176O17P2. The van der Waals surface area contributed by atoms with E-state index in [2.05, 4.69) is 41.5 Å². The number of carbonyl (C=O) groups excluding carboxylic acids is 4. The Morgan fingerprint density at radius 1 is 0.266 bits per heavy atom. The third-order valence-corrected chi connectivity index (χ3v) is 23.5. The SMILES string of the molecule is CCCCCCCCCCCCCCCCCCCCCCCCC(=O)OC[C@H](COP(=O)(O)OC[C@@H](O)COP(=O)(O)OC[C@@H](COC(=O)CCCCCCCCCC(C)C)OC(=O)CCCCCCCCCCCCCCCCC)OC(=O)CCCCCCCCCCCCCCCCCCCCC(C)CC.